The van der Waals surface area contributed by atoms with Crippen molar-refractivity contribution in [2.45, 2.75) is 12.8 Å². The van der Waals surface area contributed by atoms with Crippen molar-refractivity contribution >= 4 is 11.7 Å². The van der Waals surface area contributed by atoms with Crippen LogP contribution in [0.4, 0.5) is 0 Å². The molecular weight excluding hydrogens is 220 g/mol. The standard InChI is InChI=1S/C11H22N4O2/c12-2-5-13-3-1-4-14-6-7-15-9-10(16)8-11(15)17/h13-14H,1-9,12H2. The fourth-order valence-electron chi connectivity index (χ4n) is 1.75. The van der Waals surface area contributed by atoms with Crippen LogP contribution in [0.25, 0.3) is 0 Å². The molecule has 1 saturated heterocycles. The van der Waals surface area contributed by atoms with E-state index in [-0.39, 0.29) is 18.1 Å². The minimum absolute atomic E-state index is 0.0287. The van der Waals surface area contributed by atoms with Gasteiger partial charge in [0.25, 0.3) is 0 Å². The Kier molecular flexibility index (Phi) is 6.76. The van der Waals surface area contributed by atoms with E-state index in [9.17, 15) is 9.59 Å². The van der Waals surface area contributed by atoms with Crippen LogP contribution in [0.3, 0.4) is 0 Å². The number of likely N-dealkylation sites (tertiary alicyclic amines) is 1. The molecule has 0 saturated carbocycles. The van der Waals surface area contributed by atoms with Gasteiger partial charge in [0.05, 0.1) is 13.0 Å². The van der Waals surface area contributed by atoms with Crippen LogP contribution in [0.15, 0.2) is 0 Å². The van der Waals surface area contributed by atoms with Gasteiger partial charge in [-0.2, -0.15) is 0 Å². The van der Waals surface area contributed by atoms with E-state index in [4.69, 9.17) is 5.73 Å². The molecule has 98 valence electrons. The summed E-state index contributed by atoms with van der Waals surface area (Å²) in [6, 6.07) is 0. The van der Waals surface area contributed by atoms with Crippen LogP contribution >= 0.6 is 0 Å². The van der Waals surface area contributed by atoms with Gasteiger partial charge in [-0.3, -0.25) is 9.59 Å². The van der Waals surface area contributed by atoms with Crippen molar-refractivity contribution in [2.24, 2.45) is 5.73 Å². The number of carbonyl (C=O) groups is 2. The Morgan fingerprint density at radius 3 is 2.41 bits per heavy atom. The molecule has 1 aliphatic rings. The molecule has 0 atom stereocenters. The first kappa shape index (κ1) is 14.1. The molecule has 0 bridgehead atoms. The van der Waals surface area contributed by atoms with E-state index in [1.807, 2.05) is 0 Å². The quantitative estimate of drug-likeness (QED) is 0.332. The molecule has 17 heavy (non-hydrogen) atoms. The predicted molar refractivity (Wildman–Crippen MR) is 65.6 cm³/mol. The van der Waals surface area contributed by atoms with Gasteiger partial charge in [0.1, 0.15) is 0 Å². The SMILES string of the molecule is NCCNCCCNCCN1CC(=O)CC1=O. The van der Waals surface area contributed by atoms with Crippen molar-refractivity contribution in [3.05, 3.63) is 0 Å². The van der Waals surface area contributed by atoms with Crippen molar-refractivity contribution in [3.63, 3.8) is 0 Å². The highest BCUT2D eigenvalue weighted by Gasteiger charge is 2.26. The Labute approximate surface area is 102 Å². The molecule has 0 aliphatic carbocycles. The van der Waals surface area contributed by atoms with Crippen LogP contribution in [-0.2, 0) is 9.59 Å². The van der Waals surface area contributed by atoms with E-state index in [1.54, 1.807) is 4.90 Å². The Bertz CT molecular complexity index is 258. The normalized spacial score (nSPS) is 15.9. The number of nitrogens with zero attached hydrogens (tertiary/aromatic N) is 1. The van der Waals surface area contributed by atoms with Crippen LogP contribution in [0, 0.1) is 0 Å². The zero-order chi connectivity index (χ0) is 12.5. The number of amides is 1. The van der Waals surface area contributed by atoms with Crippen LogP contribution in [-0.4, -0.2) is 62.4 Å². The van der Waals surface area contributed by atoms with E-state index in [1.165, 1.54) is 0 Å². The first-order valence-electron chi connectivity index (χ1n) is 6.15. The summed E-state index contributed by atoms with van der Waals surface area (Å²) in [6.07, 6.45) is 1.12. The largest absolute Gasteiger partial charge is 0.334 e. The molecule has 1 aliphatic heterocycles. The molecule has 1 heterocycles. The lowest BCUT2D eigenvalue weighted by molar-refractivity contribution is -0.127. The highest BCUT2D eigenvalue weighted by Crippen LogP contribution is 2.04. The van der Waals surface area contributed by atoms with Crippen LogP contribution in [0.5, 0.6) is 0 Å². The third-order valence-electron chi connectivity index (χ3n) is 2.66. The van der Waals surface area contributed by atoms with Crippen LogP contribution < -0.4 is 16.4 Å². The van der Waals surface area contributed by atoms with Gasteiger partial charge in [-0.05, 0) is 19.5 Å². The van der Waals surface area contributed by atoms with Gasteiger partial charge < -0.3 is 21.3 Å². The first-order chi connectivity index (χ1) is 8.24. The summed E-state index contributed by atoms with van der Waals surface area (Å²) in [5, 5.41) is 6.45. The van der Waals surface area contributed by atoms with E-state index >= 15 is 0 Å². The Morgan fingerprint density at radius 1 is 1.12 bits per heavy atom. The predicted octanol–water partition coefficient (Wildman–Crippen LogP) is -1.68. The number of ketones is 1. The Hall–Kier alpha value is -0.980. The fourth-order valence-corrected chi connectivity index (χ4v) is 1.75. The van der Waals surface area contributed by atoms with Crippen molar-refractivity contribution in [1.29, 1.82) is 0 Å². The van der Waals surface area contributed by atoms with Crippen molar-refractivity contribution in [1.82, 2.24) is 15.5 Å². The molecule has 6 nitrogen and oxygen atoms in total. The van der Waals surface area contributed by atoms with Crippen molar-refractivity contribution in [2.75, 3.05) is 45.8 Å². The van der Waals surface area contributed by atoms with E-state index in [0.717, 1.165) is 32.6 Å². The molecule has 0 aromatic carbocycles. The van der Waals surface area contributed by atoms with Crippen molar-refractivity contribution < 1.29 is 9.59 Å². The number of carbonyl (C=O) groups excluding carboxylic acids is 2. The molecule has 6 heteroatoms. The summed E-state index contributed by atoms with van der Waals surface area (Å²) in [4.78, 5) is 23.9. The van der Waals surface area contributed by atoms with Crippen LogP contribution in [0.2, 0.25) is 0 Å². The average molecular weight is 242 g/mol. The summed E-state index contributed by atoms with van der Waals surface area (Å²) in [5.74, 6) is -0.0117. The number of nitrogens with two attached hydrogens (primary N) is 1. The molecule has 1 fully saturated rings. The lowest BCUT2D eigenvalue weighted by Gasteiger charge is -2.14. The van der Waals surface area contributed by atoms with Gasteiger partial charge in [0, 0.05) is 26.2 Å². The lowest BCUT2D eigenvalue weighted by atomic mass is 10.3. The second kappa shape index (κ2) is 8.16. The molecule has 1 amide bonds. The first-order valence-corrected chi connectivity index (χ1v) is 6.15. The number of hydrogen-bond donors (Lipinski definition) is 3. The summed E-state index contributed by atoms with van der Waals surface area (Å²) in [7, 11) is 0. The summed E-state index contributed by atoms with van der Waals surface area (Å²) in [6.45, 7) is 5.04. The fraction of sp³-hybridized carbons (Fsp3) is 0.818. The summed E-state index contributed by atoms with van der Waals surface area (Å²) in [5.41, 5.74) is 5.34. The maximum Gasteiger partial charge on any atom is 0.230 e. The summed E-state index contributed by atoms with van der Waals surface area (Å²) < 4.78 is 0. The third-order valence-corrected chi connectivity index (χ3v) is 2.66. The second-order valence-electron chi connectivity index (χ2n) is 4.17. The minimum Gasteiger partial charge on any atom is -0.334 e. The molecule has 0 spiro atoms. The van der Waals surface area contributed by atoms with Gasteiger partial charge in [-0.1, -0.05) is 0 Å². The van der Waals surface area contributed by atoms with Gasteiger partial charge in [-0.25, -0.2) is 0 Å². The molecule has 0 radical (unpaired) electrons. The van der Waals surface area contributed by atoms with Crippen LogP contribution in [0.1, 0.15) is 12.8 Å². The molecular formula is C11H22N4O2. The number of nitrogens with one attached hydrogen (secondary N) is 2. The molecule has 0 unspecified atom stereocenters. The molecule has 1 rings (SSSR count). The Balaban J connectivity index is 1.91. The molecule has 0 aromatic rings. The Morgan fingerprint density at radius 2 is 1.82 bits per heavy atom. The van der Waals surface area contributed by atoms with Crippen molar-refractivity contribution in [3.8, 4) is 0 Å². The lowest BCUT2D eigenvalue weighted by Crippen LogP contribution is -2.34. The van der Waals surface area contributed by atoms with Gasteiger partial charge in [0.15, 0.2) is 5.78 Å². The zero-order valence-electron chi connectivity index (χ0n) is 10.2. The highest BCUT2D eigenvalue weighted by molar-refractivity contribution is 6.05. The second-order valence-corrected chi connectivity index (χ2v) is 4.17. The summed E-state index contributed by atoms with van der Waals surface area (Å²) >= 11 is 0. The minimum atomic E-state index is -0.0404. The van der Waals surface area contributed by atoms with E-state index in [2.05, 4.69) is 10.6 Å². The monoisotopic (exact) mass is 242 g/mol. The number of rotatable bonds is 9. The average Bonchev–Trinajstić information content (AvgIpc) is 2.61. The van der Waals surface area contributed by atoms with E-state index in [0.29, 0.717) is 19.6 Å². The molecule has 0 aromatic heterocycles. The van der Waals surface area contributed by atoms with Gasteiger partial charge in [0.2, 0.25) is 5.91 Å². The smallest absolute Gasteiger partial charge is 0.230 e. The zero-order valence-corrected chi connectivity index (χ0v) is 10.2. The maximum atomic E-state index is 11.3. The van der Waals surface area contributed by atoms with Gasteiger partial charge >= 0.3 is 0 Å². The maximum absolute atomic E-state index is 11.3. The number of Topliss-reactive ketones (excluding diaryl/α,β-unsaturated/α-hetero) is 1. The number of hydrogen-bond acceptors (Lipinski definition) is 5. The topological polar surface area (TPSA) is 87.5 Å². The van der Waals surface area contributed by atoms with E-state index < -0.39 is 0 Å². The van der Waals surface area contributed by atoms with Gasteiger partial charge in [-0.15, -0.1) is 0 Å². The molecule has 4 N–H and O–H groups in total. The third kappa shape index (κ3) is 5.76. The highest BCUT2D eigenvalue weighted by atomic mass is 16.2.